The van der Waals surface area contributed by atoms with Gasteiger partial charge in [0.25, 0.3) is 0 Å². The third-order valence-electron chi connectivity index (χ3n) is 4.77. The molecular formula is C16H18ClNO3. The molecule has 0 radical (unpaired) electrons. The maximum atomic E-state index is 12.6. The van der Waals surface area contributed by atoms with E-state index in [9.17, 15) is 9.59 Å². The van der Waals surface area contributed by atoms with E-state index in [0.29, 0.717) is 11.4 Å². The molecule has 4 nitrogen and oxygen atoms in total. The summed E-state index contributed by atoms with van der Waals surface area (Å²) in [7, 11) is 0. The first-order chi connectivity index (χ1) is 9.95. The van der Waals surface area contributed by atoms with Gasteiger partial charge < -0.3 is 10.1 Å². The Morgan fingerprint density at radius 3 is 2.86 bits per heavy atom. The van der Waals surface area contributed by atoms with Crippen molar-refractivity contribution in [3.63, 3.8) is 0 Å². The lowest BCUT2D eigenvalue weighted by Gasteiger charge is -2.32. The van der Waals surface area contributed by atoms with Gasteiger partial charge in [0.1, 0.15) is 6.61 Å². The first-order valence-corrected chi connectivity index (χ1v) is 7.58. The number of anilines is 1. The number of hydrogen-bond acceptors (Lipinski definition) is 3. The number of hydrogen-bond donors (Lipinski definition) is 1. The number of esters is 1. The van der Waals surface area contributed by atoms with Gasteiger partial charge in [-0.15, -0.1) is 0 Å². The normalized spacial score (nSPS) is 29.2. The second-order valence-corrected chi connectivity index (χ2v) is 6.45. The molecule has 3 rings (SSSR count). The van der Waals surface area contributed by atoms with Gasteiger partial charge in [-0.2, -0.15) is 0 Å². The Balaban J connectivity index is 2.05. The molecule has 1 aliphatic carbocycles. The smallest absolute Gasteiger partial charge is 0.302 e. The second-order valence-electron chi connectivity index (χ2n) is 6.02. The quantitative estimate of drug-likeness (QED) is 0.868. The molecular weight excluding hydrogens is 290 g/mol. The minimum absolute atomic E-state index is 0.0491. The minimum atomic E-state index is -0.633. The van der Waals surface area contributed by atoms with E-state index >= 15 is 0 Å². The van der Waals surface area contributed by atoms with Crippen LogP contribution in [0.3, 0.4) is 0 Å². The fourth-order valence-electron chi connectivity index (χ4n) is 3.75. The summed E-state index contributed by atoms with van der Waals surface area (Å²) in [6, 6.07) is 5.56. The Labute approximate surface area is 128 Å². The number of nitrogens with one attached hydrogen (secondary N) is 1. The molecule has 0 bridgehead atoms. The van der Waals surface area contributed by atoms with E-state index in [1.165, 1.54) is 6.92 Å². The molecule has 0 saturated heterocycles. The number of fused-ring (bicyclic) bond motifs is 3. The maximum Gasteiger partial charge on any atom is 0.302 e. The van der Waals surface area contributed by atoms with E-state index in [0.717, 1.165) is 24.1 Å². The van der Waals surface area contributed by atoms with Gasteiger partial charge in [-0.3, -0.25) is 9.59 Å². The average Bonchev–Trinajstić information content (AvgIpc) is 3.10. The van der Waals surface area contributed by atoms with Crippen LogP contribution in [0.1, 0.15) is 38.7 Å². The van der Waals surface area contributed by atoms with Crippen molar-refractivity contribution in [3.05, 3.63) is 28.8 Å². The fraction of sp³-hybridized carbons (Fsp3) is 0.500. The molecule has 21 heavy (non-hydrogen) atoms. The zero-order valence-electron chi connectivity index (χ0n) is 12.2. The zero-order valence-corrected chi connectivity index (χ0v) is 12.9. The highest BCUT2D eigenvalue weighted by Crippen LogP contribution is 2.70. The summed E-state index contributed by atoms with van der Waals surface area (Å²) in [6.45, 7) is 3.60. The van der Waals surface area contributed by atoms with Crippen LogP contribution in [0, 0.1) is 5.41 Å². The summed E-state index contributed by atoms with van der Waals surface area (Å²) in [5.41, 5.74) is 1.02. The van der Waals surface area contributed by atoms with Crippen molar-refractivity contribution in [2.45, 2.75) is 38.5 Å². The number of rotatable bonds is 4. The summed E-state index contributed by atoms with van der Waals surface area (Å²) >= 11 is 6.13. The highest BCUT2D eigenvalue weighted by molar-refractivity contribution is 6.30. The molecule has 1 aromatic rings. The van der Waals surface area contributed by atoms with Crippen LogP contribution in [0.5, 0.6) is 0 Å². The summed E-state index contributed by atoms with van der Waals surface area (Å²) in [5.74, 6) is -0.404. The molecule has 1 saturated carbocycles. The molecule has 1 aromatic carbocycles. The number of carbonyl (C=O) groups excluding carboxylic acids is 2. The predicted molar refractivity (Wildman–Crippen MR) is 80.4 cm³/mol. The molecule has 0 aromatic heterocycles. The van der Waals surface area contributed by atoms with Gasteiger partial charge in [0.15, 0.2) is 0 Å². The summed E-state index contributed by atoms with van der Waals surface area (Å²) in [5, 5.41) is 3.60. The van der Waals surface area contributed by atoms with Crippen LogP contribution in [0.15, 0.2) is 18.2 Å². The van der Waals surface area contributed by atoms with Crippen molar-refractivity contribution < 1.29 is 14.3 Å². The SMILES string of the molecule is CCCC12CC1(COC(C)=O)C(=O)Nc1ccc(Cl)cc12. The van der Waals surface area contributed by atoms with Crippen molar-refractivity contribution in [3.8, 4) is 0 Å². The van der Waals surface area contributed by atoms with E-state index < -0.39 is 5.41 Å². The van der Waals surface area contributed by atoms with Gasteiger partial charge in [-0.05, 0) is 36.6 Å². The monoisotopic (exact) mass is 307 g/mol. The first kappa shape index (κ1) is 14.4. The van der Waals surface area contributed by atoms with E-state index in [-0.39, 0.29) is 23.9 Å². The lowest BCUT2D eigenvalue weighted by Crippen LogP contribution is -2.40. The van der Waals surface area contributed by atoms with E-state index in [4.69, 9.17) is 16.3 Å². The molecule has 5 heteroatoms. The van der Waals surface area contributed by atoms with Crippen LogP contribution >= 0.6 is 11.6 Å². The van der Waals surface area contributed by atoms with E-state index in [1.807, 2.05) is 12.1 Å². The van der Waals surface area contributed by atoms with Crippen LogP contribution < -0.4 is 5.32 Å². The topological polar surface area (TPSA) is 55.4 Å². The number of amides is 1. The lowest BCUT2D eigenvalue weighted by molar-refractivity contribution is -0.144. The molecule has 1 amide bonds. The van der Waals surface area contributed by atoms with Crippen molar-refractivity contribution >= 4 is 29.2 Å². The van der Waals surface area contributed by atoms with Gasteiger partial charge >= 0.3 is 5.97 Å². The van der Waals surface area contributed by atoms with Crippen molar-refractivity contribution in [2.75, 3.05) is 11.9 Å². The molecule has 2 atom stereocenters. The third kappa shape index (κ3) is 1.96. The Kier molecular flexibility index (Phi) is 3.24. The maximum absolute atomic E-state index is 12.6. The average molecular weight is 308 g/mol. The van der Waals surface area contributed by atoms with Crippen LogP contribution in [0.25, 0.3) is 0 Å². The highest BCUT2D eigenvalue weighted by Gasteiger charge is 2.74. The summed E-state index contributed by atoms with van der Waals surface area (Å²) in [4.78, 5) is 23.7. The molecule has 112 valence electrons. The largest absolute Gasteiger partial charge is 0.465 e. The predicted octanol–water partition coefficient (Wildman–Crippen LogP) is 3.28. The van der Waals surface area contributed by atoms with Gasteiger partial charge in [0, 0.05) is 23.0 Å². The fourth-order valence-corrected chi connectivity index (χ4v) is 3.93. The van der Waals surface area contributed by atoms with Crippen LogP contribution in [0.4, 0.5) is 5.69 Å². The van der Waals surface area contributed by atoms with Gasteiger partial charge in [-0.25, -0.2) is 0 Å². The van der Waals surface area contributed by atoms with Gasteiger partial charge in [-0.1, -0.05) is 24.9 Å². The van der Waals surface area contributed by atoms with E-state index in [2.05, 4.69) is 12.2 Å². The molecule has 1 aliphatic heterocycles. The number of benzene rings is 1. The number of halogens is 1. The van der Waals surface area contributed by atoms with Gasteiger partial charge in [0.05, 0.1) is 5.41 Å². The Morgan fingerprint density at radius 2 is 2.19 bits per heavy atom. The Hall–Kier alpha value is -1.55. The molecule has 1 N–H and O–H groups in total. The lowest BCUT2D eigenvalue weighted by atomic mass is 9.79. The van der Waals surface area contributed by atoms with Crippen LogP contribution in [-0.2, 0) is 19.7 Å². The molecule has 0 spiro atoms. The summed E-state index contributed by atoms with van der Waals surface area (Å²) in [6.07, 6.45) is 2.55. The Morgan fingerprint density at radius 1 is 1.43 bits per heavy atom. The Bertz CT molecular complexity index is 630. The summed E-state index contributed by atoms with van der Waals surface area (Å²) < 4.78 is 5.18. The van der Waals surface area contributed by atoms with Crippen molar-refractivity contribution in [1.29, 1.82) is 0 Å². The number of carbonyl (C=O) groups is 2. The second kappa shape index (κ2) is 4.73. The molecule has 2 aliphatic rings. The van der Waals surface area contributed by atoms with Crippen molar-refractivity contribution in [2.24, 2.45) is 5.41 Å². The minimum Gasteiger partial charge on any atom is -0.465 e. The zero-order chi connectivity index (χ0) is 15.3. The first-order valence-electron chi connectivity index (χ1n) is 7.20. The highest BCUT2D eigenvalue weighted by atomic mass is 35.5. The standard InChI is InChI=1S/C16H18ClNO3/c1-3-6-15-8-16(15,9-21-10(2)19)14(20)18-13-5-4-11(17)7-12(13)15/h4-5,7H,3,6,8-9H2,1-2H3,(H,18,20). The molecule has 1 fully saturated rings. The molecule has 1 heterocycles. The van der Waals surface area contributed by atoms with Gasteiger partial charge in [0.2, 0.25) is 5.91 Å². The third-order valence-corrected chi connectivity index (χ3v) is 5.01. The van der Waals surface area contributed by atoms with Crippen LogP contribution in [0.2, 0.25) is 5.02 Å². The van der Waals surface area contributed by atoms with E-state index in [1.54, 1.807) is 6.07 Å². The van der Waals surface area contributed by atoms with Crippen molar-refractivity contribution in [1.82, 2.24) is 0 Å². The number of ether oxygens (including phenoxy) is 1. The molecule has 2 unspecified atom stereocenters. The van der Waals surface area contributed by atoms with Crippen LogP contribution in [-0.4, -0.2) is 18.5 Å².